The van der Waals surface area contributed by atoms with Crippen LogP contribution in [-0.2, 0) is 0 Å². The zero-order valence-electron chi connectivity index (χ0n) is 12.3. The lowest BCUT2D eigenvalue weighted by Gasteiger charge is -2.10. The van der Waals surface area contributed by atoms with E-state index in [2.05, 4.69) is 36.1 Å². The summed E-state index contributed by atoms with van der Waals surface area (Å²) in [6.07, 6.45) is 3.70. The lowest BCUT2D eigenvalue weighted by molar-refractivity contribution is 0.535. The third-order valence-electron chi connectivity index (χ3n) is 2.61. The van der Waals surface area contributed by atoms with E-state index in [0.29, 0.717) is 0 Å². The summed E-state index contributed by atoms with van der Waals surface area (Å²) < 4.78 is 1.95. The topological polar surface area (TPSA) is 33.4 Å². The molecule has 2 rings (SSSR count). The van der Waals surface area contributed by atoms with Gasteiger partial charge in [-0.15, -0.1) is 0 Å². The van der Waals surface area contributed by atoms with Crippen molar-refractivity contribution < 1.29 is 0 Å². The normalized spacial score (nSPS) is 11.4. The highest BCUT2D eigenvalue weighted by molar-refractivity contribution is 7.99. The minimum absolute atomic E-state index is 0.287. The van der Waals surface area contributed by atoms with E-state index in [1.54, 1.807) is 11.8 Å². The highest BCUT2D eigenvalue weighted by Gasteiger charge is 2.13. The first-order valence-corrected chi connectivity index (χ1v) is 7.40. The molecule has 0 unspecified atom stereocenters. The molecular formula is C15H20N4S. The average Bonchev–Trinajstić information content (AvgIpc) is 2.80. The van der Waals surface area contributed by atoms with Crippen molar-refractivity contribution in [2.75, 3.05) is 14.1 Å². The summed E-state index contributed by atoms with van der Waals surface area (Å²) in [5.74, 6) is 0.905. The summed E-state index contributed by atoms with van der Waals surface area (Å²) in [6, 6.07) is 10.6. The van der Waals surface area contributed by atoms with Gasteiger partial charge in [-0.1, -0.05) is 30.0 Å². The summed E-state index contributed by atoms with van der Waals surface area (Å²) in [7, 11) is 3.92. The molecule has 0 bridgehead atoms. The number of aromatic nitrogens is 2. The van der Waals surface area contributed by atoms with Crippen molar-refractivity contribution in [3.8, 4) is 0 Å². The zero-order chi connectivity index (χ0) is 14.5. The SMILES string of the molecule is CC(C)n1ncc(Sc2ccccc2)c1/N=C/N(C)C. The lowest BCUT2D eigenvalue weighted by atomic mass is 10.4. The Bertz CT molecular complexity index is 573. The van der Waals surface area contributed by atoms with Gasteiger partial charge in [0.05, 0.1) is 17.4 Å². The zero-order valence-corrected chi connectivity index (χ0v) is 13.1. The van der Waals surface area contributed by atoms with Crippen molar-refractivity contribution in [1.29, 1.82) is 0 Å². The average molecular weight is 288 g/mol. The first-order valence-electron chi connectivity index (χ1n) is 6.59. The Labute approximate surface area is 124 Å². The highest BCUT2D eigenvalue weighted by atomic mass is 32.2. The van der Waals surface area contributed by atoms with E-state index in [-0.39, 0.29) is 6.04 Å². The Balaban J connectivity index is 2.33. The summed E-state index contributed by atoms with van der Waals surface area (Å²) in [4.78, 5) is 8.75. The van der Waals surface area contributed by atoms with Crippen molar-refractivity contribution in [3.63, 3.8) is 0 Å². The minimum atomic E-state index is 0.287. The van der Waals surface area contributed by atoms with E-state index in [0.717, 1.165) is 10.7 Å². The maximum atomic E-state index is 4.56. The molecule has 106 valence electrons. The third-order valence-corrected chi connectivity index (χ3v) is 3.62. The van der Waals surface area contributed by atoms with Crippen LogP contribution in [0, 0.1) is 0 Å². The van der Waals surface area contributed by atoms with Crippen molar-refractivity contribution >= 4 is 23.9 Å². The van der Waals surface area contributed by atoms with Crippen LogP contribution < -0.4 is 0 Å². The second-order valence-corrected chi connectivity index (χ2v) is 6.11. The number of benzene rings is 1. The molecule has 2 aromatic rings. The fourth-order valence-corrected chi connectivity index (χ4v) is 2.58. The summed E-state index contributed by atoms with van der Waals surface area (Å²) in [6.45, 7) is 4.22. The van der Waals surface area contributed by atoms with Crippen LogP contribution in [0.3, 0.4) is 0 Å². The quantitative estimate of drug-likeness (QED) is 0.619. The van der Waals surface area contributed by atoms with Gasteiger partial charge < -0.3 is 4.90 Å². The van der Waals surface area contributed by atoms with E-state index >= 15 is 0 Å². The fraction of sp³-hybridized carbons (Fsp3) is 0.333. The summed E-state index contributed by atoms with van der Waals surface area (Å²) in [5, 5.41) is 4.45. The molecule has 0 atom stereocenters. The van der Waals surface area contributed by atoms with Crippen molar-refractivity contribution in [2.24, 2.45) is 4.99 Å². The van der Waals surface area contributed by atoms with Gasteiger partial charge in [-0.05, 0) is 26.0 Å². The molecule has 20 heavy (non-hydrogen) atoms. The van der Waals surface area contributed by atoms with Crippen molar-refractivity contribution in [2.45, 2.75) is 29.7 Å². The molecule has 0 N–H and O–H groups in total. The van der Waals surface area contributed by atoms with Gasteiger partial charge in [-0.25, -0.2) is 9.67 Å². The number of aliphatic imine (C=N–C) groups is 1. The molecule has 0 spiro atoms. The van der Waals surface area contributed by atoms with Gasteiger partial charge >= 0.3 is 0 Å². The molecule has 0 aliphatic heterocycles. The van der Waals surface area contributed by atoms with Gasteiger partial charge in [0.2, 0.25) is 0 Å². The molecule has 1 aromatic carbocycles. The summed E-state index contributed by atoms with van der Waals surface area (Å²) >= 11 is 1.69. The first-order chi connectivity index (χ1) is 9.58. The molecule has 4 nitrogen and oxygen atoms in total. The minimum Gasteiger partial charge on any atom is -0.369 e. The van der Waals surface area contributed by atoms with E-state index < -0.39 is 0 Å². The Morgan fingerprint density at radius 1 is 1.25 bits per heavy atom. The predicted octanol–water partition coefficient (Wildman–Crippen LogP) is 3.84. The first kappa shape index (κ1) is 14.7. The van der Waals surface area contributed by atoms with Crippen molar-refractivity contribution in [1.82, 2.24) is 14.7 Å². The van der Waals surface area contributed by atoms with Gasteiger partial charge in [0, 0.05) is 25.0 Å². The molecule has 1 heterocycles. The number of nitrogens with zero attached hydrogens (tertiary/aromatic N) is 4. The Kier molecular flexibility index (Phi) is 4.84. The molecule has 0 radical (unpaired) electrons. The van der Waals surface area contributed by atoms with Crippen LogP contribution in [0.25, 0.3) is 0 Å². The molecule has 0 aliphatic carbocycles. The Morgan fingerprint density at radius 3 is 2.55 bits per heavy atom. The third kappa shape index (κ3) is 3.63. The Hall–Kier alpha value is -1.75. The van der Waals surface area contributed by atoms with Crippen molar-refractivity contribution in [3.05, 3.63) is 36.5 Å². The van der Waals surface area contributed by atoms with Gasteiger partial charge in [0.1, 0.15) is 0 Å². The molecule has 0 amide bonds. The number of hydrogen-bond acceptors (Lipinski definition) is 3. The highest BCUT2D eigenvalue weighted by Crippen LogP contribution is 2.36. The number of hydrogen-bond donors (Lipinski definition) is 0. The van der Waals surface area contributed by atoms with Gasteiger partial charge in [0.25, 0.3) is 0 Å². The standard InChI is InChI=1S/C15H20N4S/c1-12(2)19-15(16-11-18(3)4)14(10-17-19)20-13-8-6-5-7-9-13/h5-12H,1-4H3/b16-11+. The van der Waals surface area contributed by atoms with E-state index in [1.165, 1.54) is 4.90 Å². The van der Waals surface area contributed by atoms with Gasteiger partial charge in [0.15, 0.2) is 5.82 Å². The second-order valence-electron chi connectivity index (χ2n) is 4.99. The van der Waals surface area contributed by atoms with Crippen LogP contribution in [0.1, 0.15) is 19.9 Å². The van der Waals surface area contributed by atoms with E-state index in [9.17, 15) is 0 Å². The molecule has 0 saturated carbocycles. The lowest BCUT2D eigenvalue weighted by Crippen LogP contribution is -2.08. The summed E-state index contributed by atoms with van der Waals surface area (Å²) in [5.41, 5.74) is 0. The molecule has 0 saturated heterocycles. The monoisotopic (exact) mass is 288 g/mol. The molecule has 5 heteroatoms. The van der Waals surface area contributed by atoms with Crippen LogP contribution in [-0.4, -0.2) is 35.1 Å². The fourth-order valence-electron chi connectivity index (χ4n) is 1.70. The largest absolute Gasteiger partial charge is 0.369 e. The van der Waals surface area contributed by atoms with E-state index in [1.807, 2.05) is 54.4 Å². The Morgan fingerprint density at radius 2 is 1.95 bits per heavy atom. The molecule has 1 aromatic heterocycles. The molecule has 0 fully saturated rings. The predicted molar refractivity (Wildman–Crippen MR) is 85.0 cm³/mol. The van der Waals surface area contributed by atoms with Gasteiger partial charge in [-0.2, -0.15) is 5.10 Å². The van der Waals surface area contributed by atoms with Crippen LogP contribution in [0.4, 0.5) is 5.82 Å². The van der Waals surface area contributed by atoms with Crippen LogP contribution in [0.2, 0.25) is 0 Å². The van der Waals surface area contributed by atoms with Crippen LogP contribution in [0.5, 0.6) is 0 Å². The maximum absolute atomic E-state index is 4.56. The smallest absolute Gasteiger partial charge is 0.166 e. The van der Waals surface area contributed by atoms with Crippen LogP contribution in [0.15, 0.2) is 51.3 Å². The molecular weight excluding hydrogens is 268 g/mol. The van der Waals surface area contributed by atoms with Gasteiger partial charge in [-0.3, -0.25) is 0 Å². The maximum Gasteiger partial charge on any atom is 0.166 e. The van der Waals surface area contributed by atoms with Crippen LogP contribution >= 0.6 is 11.8 Å². The molecule has 0 aliphatic rings. The number of rotatable bonds is 5. The van der Waals surface area contributed by atoms with E-state index in [4.69, 9.17) is 0 Å². The second kappa shape index (κ2) is 6.61.